The summed E-state index contributed by atoms with van der Waals surface area (Å²) >= 11 is 13.9. The second kappa shape index (κ2) is 7.50. The minimum absolute atomic E-state index is 0.538. The van der Waals surface area contributed by atoms with Gasteiger partial charge in [-0.15, -0.1) is 11.3 Å². The van der Waals surface area contributed by atoms with Crippen molar-refractivity contribution in [2.45, 2.75) is 0 Å². The van der Waals surface area contributed by atoms with Gasteiger partial charge in [-0.1, -0.05) is 65.7 Å². The van der Waals surface area contributed by atoms with Crippen molar-refractivity contribution < 1.29 is 0 Å². The first kappa shape index (κ1) is 17.1. The van der Waals surface area contributed by atoms with Gasteiger partial charge in [0.2, 0.25) is 0 Å². The van der Waals surface area contributed by atoms with Gasteiger partial charge in [0.1, 0.15) is 0 Å². The van der Waals surface area contributed by atoms with Crippen LogP contribution in [0.3, 0.4) is 0 Å². The minimum atomic E-state index is 0.538. The van der Waals surface area contributed by atoms with Crippen LogP contribution in [0.1, 0.15) is 0 Å². The maximum atomic E-state index is 6.24. The molecular formula is C21H14Cl2N2S. The van der Waals surface area contributed by atoms with Crippen molar-refractivity contribution in [2.75, 3.05) is 0 Å². The maximum absolute atomic E-state index is 6.24. The van der Waals surface area contributed by atoms with Crippen molar-refractivity contribution in [1.82, 2.24) is 4.57 Å². The molecule has 26 heavy (non-hydrogen) atoms. The molecule has 0 radical (unpaired) electrons. The third-order valence-corrected chi connectivity index (χ3v) is 5.48. The summed E-state index contributed by atoms with van der Waals surface area (Å²) in [6.45, 7) is 0. The first-order valence-electron chi connectivity index (χ1n) is 8.03. The molecule has 0 spiro atoms. The van der Waals surface area contributed by atoms with Gasteiger partial charge in [0.05, 0.1) is 21.4 Å². The molecule has 0 atom stereocenters. The Balaban J connectivity index is 1.96. The molecule has 4 aromatic rings. The number of nitrogens with zero attached hydrogens (tertiary/aromatic N) is 2. The lowest BCUT2D eigenvalue weighted by molar-refractivity contribution is 1.01. The highest BCUT2D eigenvalue weighted by Crippen LogP contribution is 2.30. The molecule has 0 aliphatic heterocycles. The largest absolute Gasteiger partial charge is 0.285 e. The van der Waals surface area contributed by atoms with Gasteiger partial charge in [0, 0.05) is 16.6 Å². The Hall–Kier alpha value is -2.33. The van der Waals surface area contributed by atoms with E-state index in [1.165, 1.54) is 0 Å². The summed E-state index contributed by atoms with van der Waals surface area (Å²) in [4.78, 5) is 5.72. The van der Waals surface area contributed by atoms with Crippen molar-refractivity contribution in [3.05, 3.63) is 99.1 Å². The van der Waals surface area contributed by atoms with Crippen molar-refractivity contribution in [1.29, 1.82) is 0 Å². The molecule has 1 heterocycles. The summed E-state index contributed by atoms with van der Waals surface area (Å²) in [6, 6.07) is 25.8. The molecule has 0 saturated heterocycles. The van der Waals surface area contributed by atoms with E-state index in [0.717, 1.165) is 27.4 Å². The molecule has 3 aromatic carbocycles. The maximum Gasteiger partial charge on any atom is 0.195 e. The topological polar surface area (TPSA) is 17.3 Å². The van der Waals surface area contributed by atoms with Crippen LogP contribution in [0, 0.1) is 0 Å². The van der Waals surface area contributed by atoms with Crippen LogP contribution in [0.25, 0.3) is 16.9 Å². The molecule has 0 unspecified atom stereocenters. The fourth-order valence-corrected chi connectivity index (χ4v) is 3.91. The summed E-state index contributed by atoms with van der Waals surface area (Å²) in [5.74, 6) is 0. The number of benzene rings is 3. The predicted molar refractivity (Wildman–Crippen MR) is 111 cm³/mol. The van der Waals surface area contributed by atoms with E-state index >= 15 is 0 Å². The van der Waals surface area contributed by atoms with E-state index in [1.54, 1.807) is 11.3 Å². The Labute approximate surface area is 165 Å². The molecule has 0 N–H and O–H groups in total. The van der Waals surface area contributed by atoms with Gasteiger partial charge in [0.25, 0.3) is 0 Å². The van der Waals surface area contributed by atoms with Crippen LogP contribution in [-0.2, 0) is 0 Å². The van der Waals surface area contributed by atoms with Gasteiger partial charge in [-0.05, 0) is 36.4 Å². The molecule has 0 aliphatic rings. The number of thiazole rings is 1. The zero-order valence-corrected chi connectivity index (χ0v) is 16.0. The van der Waals surface area contributed by atoms with E-state index in [4.69, 9.17) is 28.2 Å². The first-order valence-corrected chi connectivity index (χ1v) is 9.67. The average molecular weight is 397 g/mol. The van der Waals surface area contributed by atoms with Gasteiger partial charge in [0.15, 0.2) is 4.80 Å². The Kier molecular flexibility index (Phi) is 4.93. The second-order valence-electron chi connectivity index (χ2n) is 5.65. The highest BCUT2D eigenvalue weighted by Gasteiger charge is 2.11. The number of hydrogen-bond acceptors (Lipinski definition) is 2. The number of halogens is 2. The molecule has 2 nitrogen and oxygen atoms in total. The molecule has 4 rings (SSSR count). The van der Waals surface area contributed by atoms with E-state index in [-0.39, 0.29) is 0 Å². The number of para-hydroxylation sites is 2. The second-order valence-corrected chi connectivity index (χ2v) is 7.30. The fourth-order valence-electron chi connectivity index (χ4n) is 2.69. The van der Waals surface area contributed by atoms with Gasteiger partial charge in [-0.25, -0.2) is 4.99 Å². The predicted octanol–water partition coefficient (Wildman–Crippen LogP) is 6.75. The monoisotopic (exact) mass is 396 g/mol. The van der Waals surface area contributed by atoms with Crippen LogP contribution in [0.15, 0.2) is 89.2 Å². The van der Waals surface area contributed by atoms with E-state index in [2.05, 4.69) is 22.1 Å². The quantitative estimate of drug-likeness (QED) is 0.364. The van der Waals surface area contributed by atoms with Crippen LogP contribution >= 0.6 is 34.5 Å². The lowest BCUT2D eigenvalue weighted by atomic mass is 10.1. The third kappa shape index (κ3) is 3.47. The molecular weight excluding hydrogens is 383 g/mol. The average Bonchev–Trinajstić information content (AvgIpc) is 3.09. The van der Waals surface area contributed by atoms with E-state index in [0.29, 0.717) is 10.0 Å². The van der Waals surface area contributed by atoms with E-state index in [1.807, 2.05) is 66.7 Å². The zero-order valence-electron chi connectivity index (χ0n) is 13.6. The smallest absolute Gasteiger partial charge is 0.195 e. The number of rotatable bonds is 3. The fraction of sp³-hybridized carbons (Fsp3) is 0. The van der Waals surface area contributed by atoms with Crippen molar-refractivity contribution >= 4 is 40.2 Å². The van der Waals surface area contributed by atoms with Crippen LogP contribution in [0.5, 0.6) is 0 Å². The SMILES string of the molecule is Clc1ccc(-c2csc(=Nc3ccccc3)n2-c2ccccc2)cc1Cl. The molecule has 0 bridgehead atoms. The molecule has 0 fully saturated rings. The Morgan fingerprint density at radius 2 is 1.46 bits per heavy atom. The number of hydrogen-bond donors (Lipinski definition) is 0. The Morgan fingerprint density at radius 1 is 0.769 bits per heavy atom. The van der Waals surface area contributed by atoms with Crippen LogP contribution in [-0.4, -0.2) is 4.57 Å². The zero-order chi connectivity index (χ0) is 17.9. The van der Waals surface area contributed by atoms with Gasteiger partial charge in [-0.3, -0.25) is 4.57 Å². The van der Waals surface area contributed by atoms with Gasteiger partial charge >= 0.3 is 0 Å². The number of aromatic nitrogens is 1. The normalized spacial score (nSPS) is 11.7. The summed E-state index contributed by atoms with van der Waals surface area (Å²) in [6.07, 6.45) is 0. The highest BCUT2D eigenvalue weighted by atomic mass is 35.5. The lowest BCUT2D eigenvalue weighted by Crippen LogP contribution is -2.13. The van der Waals surface area contributed by atoms with Crippen LogP contribution in [0.2, 0.25) is 10.0 Å². The van der Waals surface area contributed by atoms with Crippen LogP contribution in [0.4, 0.5) is 5.69 Å². The molecule has 0 saturated carbocycles. The molecule has 1 aromatic heterocycles. The summed E-state index contributed by atoms with van der Waals surface area (Å²) in [5.41, 5.74) is 3.98. The molecule has 0 amide bonds. The Morgan fingerprint density at radius 3 is 2.15 bits per heavy atom. The van der Waals surface area contributed by atoms with Gasteiger partial charge < -0.3 is 0 Å². The summed E-state index contributed by atoms with van der Waals surface area (Å²) in [7, 11) is 0. The van der Waals surface area contributed by atoms with E-state index in [9.17, 15) is 0 Å². The van der Waals surface area contributed by atoms with Gasteiger partial charge in [-0.2, -0.15) is 0 Å². The van der Waals surface area contributed by atoms with Crippen LogP contribution < -0.4 is 4.80 Å². The first-order chi connectivity index (χ1) is 12.7. The van der Waals surface area contributed by atoms with E-state index < -0.39 is 0 Å². The highest BCUT2D eigenvalue weighted by molar-refractivity contribution is 7.07. The molecule has 128 valence electrons. The molecule has 5 heteroatoms. The minimum Gasteiger partial charge on any atom is -0.285 e. The summed E-state index contributed by atoms with van der Waals surface area (Å²) < 4.78 is 2.14. The lowest BCUT2D eigenvalue weighted by Gasteiger charge is -2.10. The van der Waals surface area contributed by atoms with Crippen molar-refractivity contribution in [3.63, 3.8) is 0 Å². The standard InChI is InChI=1S/C21H14Cl2N2S/c22-18-12-11-15(13-19(18)23)20-14-26-21(24-16-7-3-1-4-8-16)25(20)17-9-5-2-6-10-17/h1-14H. The Bertz CT molecular complexity index is 1100. The molecule has 0 aliphatic carbocycles. The summed E-state index contributed by atoms with van der Waals surface area (Å²) in [5, 5.41) is 3.18. The third-order valence-electron chi connectivity index (χ3n) is 3.92. The van der Waals surface area contributed by atoms with Crippen molar-refractivity contribution in [2.24, 2.45) is 4.99 Å². The van der Waals surface area contributed by atoms with Crippen molar-refractivity contribution in [3.8, 4) is 16.9 Å².